The van der Waals surface area contributed by atoms with Crippen LogP contribution in [0, 0.1) is 5.82 Å². The lowest BCUT2D eigenvalue weighted by molar-refractivity contribution is -0.120. The Bertz CT molecular complexity index is 728. The highest BCUT2D eigenvalue weighted by Gasteiger charge is 2.08. The fourth-order valence-electron chi connectivity index (χ4n) is 2.28. The van der Waals surface area contributed by atoms with E-state index in [0.717, 1.165) is 5.56 Å². The van der Waals surface area contributed by atoms with Gasteiger partial charge in [-0.05, 0) is 62.2 Å². The van der Waals surface area contributed by atoms with E-state index >= 15 is 0 Å². The summed E-state index contributed by atoms with van der Waals surface area (Å²) in [6.45, 7) is 4.17. The lowest BCUT2D eigenvalue weighted by Crippen LogP contribution is -2.37. The minimum absolute atomic E-state index is 0.0632. The van der Waals surface area contributed by atoms with Gasteiger partial charge in [-0.1, -0.05) is 12.1 Å². The molecule has 0 aliphatic heterocycles. The molecular formula is C20H23FN2O3. The van der Waals surface area contributed by atoms with Gasteiger partial charge in [0.25, 0.3) is 5.91 Å². The molecule has 6 heteroatoms. The van der Waals surface area contributed by atoms with Crippen molar-refractivity contribution in [2.75, 3.05) is 13.1 Å². The van der Waals surface area contributed by atoms with Crippen molar-refractivity contribution in [2.24, 2.45) is 0 Å². The van der Waals surface area contributed by atoms with Gasteiger partial charge in [-0.3, -0.25) is 9.59 Å². The normalized spacial score (nSPS) is 10.5. The largest absolute Gasteiger partial charge is 0.491 e. The maximum Gasteiger partial charge on any atom is 0.251 e. The van der Waals surface area contributed by atoms with Crippen molar-refractivity contribution in [3.8, 4) is 5.75 Å². The van der Waals surface area contributed by atoms with Gasteiger partial charge in [-0.2, -0.15) is 0 Å². The number of hydrogen-bond acceptors (Lipinski definition) is 3. The molecule has 0 saturated heterocycles. The van der Waals surface area contributed by atoms with Crippen LogP contribution in [0.15, 0.2) is 48.5 Å². The van der Waals surface area contributed by atoms with E-state index in [1.165, 1.54) is 12.1 Å². The summed E-state index contributed by atoms with van der Waals surface area (Å²) in [5, 5.41) is 5.29. The van der Waals surface area contributed by atoms with Gasteiger partial charge in [-0.25, -0.2) is 4.39 Å². The number of nitrogens with one attached hydrogen (secondary N) is 2. The molecule has 2 aromatic carbocycles. The van der Waals surface area contributed by atoms with E-state index in [9.17, 15) is 14.0 Å². The summed E-state index contributed by atoms with van der Waals surface area (Å²) < 4.78 is 18.3. The number of halogens is 1. The summed E-state index contributed by atoms with van der Waals surface area (Å²) in [7, 11) is 0. The smallest absolute Gasteiger partial charge is 0.251 e. The van der Waals surface area contributed by atoms with E-state index in [4.69, 9.17) is 4.74 Å². The second kappa shape index (κ2) is 9.56. The predicted molar refractivity (Wildman–Crippen MR) is 97.7 cm³/mol. The van der Waals surface area contributed by atoms with Gasteiger partial charge in [0.1, 0.15) is 11.6 Å². The van der Waals surface area contributed by atoms with E-state index in [-0.39, 0.29) is 30.3 Å². The molecular weight excluding hydrogens is 335 g/mol. The van der Waals surface area contributed by atoms with Crippen molar-refractivity contribution in [2.45, 2.75) is 26.4 Å². The van der Waals surface area contributed by atoms with E-state index < -0.39 is 0 Å². The first-order valence-corrected chi connectivity index (χ1v) is 8.50. The van der Waals surface area contributed by atoms with Crippen LogP contribution in [-0.2, 0) is 11.2 Å². The summed E-state index contributed by atoms with van der Waals surface area (Å²) in [4.78, 5) is 23.8. The highest BCUT2D eigenvalue weighted by molar-refractivity contribution is 5.96. The molecule has 0 heterocycles. The van der Waals surface area contributed by atoms with E-state index in [1.54, 1.807) is 36.4 Å². The van der Waals surface area contributed by atoms with Crippen LogP contribution >= 0.6 is 0 Å². The van der Waals surface area contributed by atoms with Gasteiger partial charge in [-0.15, -0.1) is 0 Å². The average Bonchev–Trinajstić information content (AvgIpc) is 2.61. The third-order valence-electron chi connectivity index (χ3n) is 3.55. The molecule has 138 valence electrons. The molecule has 0 saturated carbocycles. The maximum absolute atomic E-state index is 12.8. The molecule has 0 unspecified atom stereocenters. The molecule has 0 aromatic heterocycles. The maximum atomic E-state index is 12.8. The lowest BCUT2D eigenvalue weighted by Gasteiger charge is -2.10. The van der Waals surface area contributed by atoms with Crippen LogP contribution in [-0.4, -0.2) is 31.0 Å². The Morgan fingerprint density at radius 3 is 2.27 bits per heavy atom. The molecule has 0 spiro atoms. The molecule has 26 heavy (non-hydrogen) atoms. The Kier molecular flexibility index (Phi) is 7.14. The Hall–Kier alpha value is -2.89. The number of benzene rings is 2. The zero-order chi connectivity index (χ0) is 18.9. The first-order chi connectivity index (χ1) is 12.4. The molecule has 2 rings (SSSR count). The second-order valence-corrected chi connectivity index (χ2v) is 6.10. The quantitative estimate of drug-likeness (QED) is 0.762. The summed E-state index contributed by atoms with van der Waals surface area (Å²) in [6.07, 6.45) is 0.658. The van der Waals surface area contributed by atoms with Crippen molar-refractivity contribution < 1.29 is 18.7 Å². The molecule has 0 aliphatic carbocycles. The van der Waals surface area contributed by atoms with Crippen LogP contribution in [0.1, 0.15) is 29.8 Å². The average molecular weight is 358 g/mol. The van der Waals surface area contributed by atoms with Crippen LogP contribution < -0.4 is 15.4 Å². The van der Waals surface area contributed by atoms with Crippen molar-refractivity contribution in [3.63, 3.8) is 0 Å². The van der Waals surface area contributed by atoms with Crippen LogP contribution in [0.25, 0.3) is 0 Å². The second-order valence-electron chi connectivity index (χ2n) is 6.10. The number of rotatable bonds is 8. The molecule has 0 radical (unpaired) electrons. The van der Waals surface area contributed by atoms with E-state index in [0.29, 0.717) is 24.3 Å². The number of ether oxygens (including phenoxy) is 1. The molecule has 5 nitrogen and oxygen atoms in total. The van der Waals surface area contributed by atoms with Gasteiger partial charge in [0.15, 0.2) is 0 Å². The third kappa shape index (κ3) is 6.55. The summed E-state index contributed by atoms with van der Waals surface area (Å²) in [5.74, 6) is -0.200. The highest BCUT2D eigenvalue weighted by Crippen LogP contribution is 2.13. The van der Waals surface area contributed by atoms with Crippen LogP contribution in [0.5, 0.6) is 5.75 Å². The molecule has 2 N–H and O–H groups in total. The minimum Gasteiger partial charge on any atom is -0.491 e. The number of carbonyl (C=O) groups is 2. The molecule has 0 bridgehead atoms. The van der Waals surface area contributed by atoms with Gasteiger partial charge >= 0.3 is 0 Å². The topological polar surface area (TPSA) is 67.4 Å². The summed E-state index contributed by atoms with van der Waals surface area (Å²) >= 11 is 0. The van der Waals surface area contributed by atoms with Gasteiger partial charge in [0.2, 0.25) is 5.91 Å². The SMILES string of the molecule is CC(C)Oc1ccc(C(=O)NCC(=O)NCCc2ccc(F)cc2)cc1. The standard InChI is InChI=1S/C20H23FN2O3/c1-14(2)26-18-9-5-16(6-10-18)20(25)23-13-19(24)22-12-11-15-3-7-17(21)8-4-15/h3-10,14H,11-13H2,1-2H3,(H,22,24)(H,23,25). The number of amides is 2. The monoisotopic (exact) mass is 358 g/mol. The van der Waals surface area contributed by atoms with Crippen molar-refractivity contribution >= 4 is 11.8 Å². The van der Waals surface area contributed by atoms with Crippen molar-refractivity contribution in [1.82, 2.24) is 10.6 Å². The Balaban J connectivity index is 1.70. The highest BCUT2D eigenvalue weighted by atomic mass is 19.1. The Morgan fingerprint density at radius 2 is 1.65 bits per heavy atom. The van der Waals surface area contributed by atoms with Crippen molar-refractivity contribution in [1.29, 1.82) is 0 Å². The predicted octanol–water partition coefficient (Wildman–Crippen LogP) is 2.70. The van der Waals surface area contributed by atoms with Gasteiger partial charge in [0, 0.05) is 12.1 Å². The zero-order valence-electron chi connectivity index (χ0n) is 14.9. The zero-order valence-corrected chi connectivity index (χ0v) is 14.9. The van der Waals surface area contributed by atoms with E-state index in [2.05, 4.69) is 10.6 Å². The molecule has 0 fully saturated rings. The van der Waals surface area contributed by atoms with Crippen molar-refractivity contribution in [3.05, 3.63) is 65.5 Å². The first kappa shape index (κ1) is 19.4. The van der Waals surface area contributed by atoms with Crippen LogP contribution in [0.3, 0.4) is 0 Å². The number of carbonyl (C=O) groups excluding carboxylic acids is 2. The van der Waals surface area contributed by atoms with Gasteiger partial charge in [0.05, 0.1) is 12.6 Å². The van der Waals surface area contributed by atoms with E-state index in [1.807, 2.05) is 13.8 Å². The van der Waals surface area contributed by atoms with Crippen LogP contribution in [0.2, 0.25) is 0 Å². The number of hydrogen-bond donors (Lipinski definition) is 2. The summed E-state index contributed by atoms with van der Waals surface area (Å²) in [5.41, 5.74) is 1.39. The lowest BCUT2D eigenvalue weighted by atomic mass is 10.1. The third-order valence-corrected chi connectivity index (χ3v) is 3.55. The first-order valence-electron chi connectivity index (χ1n) is 8.50. The Labute approximate surface area is 152 Å². The van der Waals surface area contributed by atoms with Crippen LogP contribution in [0.4, 0.5) is 4.39 Å². The minimum atomic E-state index is -0.324. The molecule has 0 aliphatic rings. The fraction of sp³-hybridized carbons (Fsp3) is 0.300. The molecule has 2 amide bonds. The summed E-state index contributed by atoms with van der Waals surface area (Å²) in [6, 6.07) is 12.9. The Morgan fingerprint density at radius 1 is 1.00 bits per heavy atom. The molecule has 2 aromatic rings. The fourth-order valence-corrected chi connectivity index (χ4v) is 2.28. The van der Waals surface area contributed by atoms with Gasteiger partial charge < -0.3 is 15.4 Å². The molecule has 0 atom stereocenters.